The lowest BCUT2D eigenvalue weighted by molar-refractivity contribution is 0.794. The summed E-state index contributed by atoms with van der Waals surface area (Å²) in [4.78, 5) is 2.68. The SMILES string of the molecule is c1ccc2c(c1)-c1ccccc1C21c2cc(-c3cccc4c3Sc3cccc5cccc-4c35)ccc2-c2c1ccc1ccccc21. The average molecular weight is 599 g/mol. The molecule has 0 amide bonds. The van der Waals surface area contributed by atoms with Crippen LogP contribution in [0.25, 0.3) is 66.1 Å². The van der Waals surface area contributed by atoms with E-state index in [4.69, 9.17) is 0 Å². The molecule has 212 valence electrons. The summed E-state index contributed by atoms with van der Waals surface area (Å²) in [5.41, 5.74) is 15.8. The van der Waals surface area contributed by atoms with E-state index in [1.54, 1.807) is 0 Å². The zero-order valence-corrected chi connectivity index (χ0v) is 25.7. The van der Waals surface area contributed by atoms with Gasteiger partial charge in [-0.2, -0.15) is 0 Å². The van der Waals surface area contributed by atoms with Crippen LogP contribution in [0.5, 0.6) is 0 Å². The van der Waals surface area contributed by atoms with E-state index in [9.17, 15) is 0 Å². The normalized spacial score (nSPS) is 14.2. The predicted molar refractivity (Wildman–Crippen MR) is 193 cm³/mol. The van der Waals surface area contributed by atoms with E-state index in [0.717, 1.165) is 0 Å². The van der Waals surface area contributed by atoms with Crippen molar-refractivity contribution in [2.45, 2.75) is 15.2 Å². The first-order chi connectivity index (χ1) is 22.8. The maximum atomic E-state index is 2.53. The van der Waals surface area contributed by atoms with Crippen LogP contribution in [0.4, 0.5) is 0 Å². The molecule has 0 unspecified atom stereocenters. The first kappa shape index (κ1) is 24.9. The summed E-state index contributed by atoms with van der Waals surface area (Å²) < 4.78 is 0. The van der Waals surface area contributed by atoms with Gasteiger partial charge in [-0.15, -0.1) is 0 Å². The predicted octanol–water partition coefficient (Wildman–Crippen LogP) is 12.1. The Hall–Kier alpha value is -5.37. The Kier molecular flexibility index (Phi) is 4.80. The highest BCUT2D eigenvalue weighted by Gasteiger charge is 2.52. The molecule has 2 aliphatic carbocycles. The van der Waals surface area contributed by atoms with Gasteiger partial charge in [-0.3, -0.25) is 0 Å². The van der Waals surface area contributed by atoms with Crippen LogP contribution in [0.1, 0.15) is 22.3 Å². The molecule has 0 saturated heterocycles. The standard InChI is InChI=1S/C45H26S/c1-2-13-30-27(10-1)23-25-39-43(30)36-24-22-29(26-40(36)45(39)37-19-5-3-14-32(37)33-15-4-6-20-38(33)45)31-16-9-18-35-34-17-7-11-28-12-8-21-41(42(28)34)46-44(31)35/h1-26H. The van der Waals surface area contributed by atoms with Crippen molar-refractivity contribution in [3.8, 4) is 44.5 Å². The lowest BCUT2D eigenvalue weighted by atomic mass is 9.70. The number of hydrogen-bond acceptors (Lipinski definition) is 1. The fourth-order valence-corrected chi connectivity index (χ4v) is 10.2. The first-order valence-corrected chi connectivity index (χ1v) is 16.8. The number of benzene rings is 8. The minimum Gasteiger partial charge on any atom is -0.0881 e. The van der Waals surface area contributed by atoms with Crippen LogP contribution < -0.4 is 0 Å². The van der Waals surface area contributed by atoms with Crippen molar-refractivity contribution in [2.24, 2.45) is 0 Å². The second-order valence-corrected chi connectivity index (χ2v) is 13.8. The fourth-order valence-electron chi connectivity index (χ4n) is 8.89. The van der Waals surface area contributed by atoms with Crippen LogP contribution in [0.3, 0.4) is 0 Å². The van der Waals surface area contributed by atoms with Gasteiger partial charge in [0.25, 0.3) is 0 Å². The molecule has 46 heavy (non-hydrogen) atoms. The Morgan fingerprint density at radius 2 is 1.04 bits per heavy atom. The monoisotopic (exact) mass is 598 g/mol. The van der Waals surface area contributed by atoms with E-state index in [1.165, 1.54) is 98.1 Å². The second kappa shape index (κ2) is 8.88. The zero-order valence-electron chi connectivity index (χ0n) is 24.9. The number of hydrogen-bond donors (Lipinski definition) is 0. The van der Waals surface area contributed by atoms with Gasteiger partial charge in [0.1, 0.15) is 0 Å². The quantitative estimate of drug-likeness (QED) is 0.181. The van der Waals surface area contributed by atoms with Gasteiger partial charge in [-0.05, 0) is 95.1 Å². The molecule has 8 aromatic carbocycles. The van der Waals surface area contributed by atoms with E-state index in [-0.39, 0.29) is 5.41 Å². The summed E-state index contributed by atoms with van der Waals surface area (Å²) in [5.74, 6) is 0. The number of rotatable bonds is 1. The van der Waals surface area contributed by atoms with Gasteiger partial charge in [0, 0.05) is 15.2 Å². The average Bonchev–Trinajstić information content (AvgIpc) is 3.59. The van der Waals surface area contributed by atoms with Crippen LogP contribution in [-0.2, 0) is 5.41 Å². The Morgan fingerprint density at radius 1 is 0.391 bits per heavy atom. The zero-order chi connectivity index (χ0) is 30.0. The fraction of sp³-hybridized carbons (Fsp3) is 0.0222. The summed E-state index contributed by atoms with van der Waals surface area (Å²) in [5, 5.41) is 5.29. The summed E-state index contributed by atoms with van der Waals surface area (Å²) in [6.07, 6.45) is 0. The van der Waals surface area contributed by atoms with Crippen molar-refractivity contribution < 1.29 is 0 Å². The van der Waals surface area contributed by atoms with Gasteiger partial charge >= 0.3 is 0 Å². The third kappa shape index (κ3) is 2.97. The molecule has 0 fully saturated rings. The van der Waals surface area contributed by atoms with E-state index in [2.05, 4.69) is 158 Å². The molecule has 0 nitrogen and oxygen atoms in total. The van der Waals surface area contributed by atoms with Crippen molar-refractivity contribution in [3.05, 3.63) is 180 Å². The van der Waals surface area contributed by atoms with Gasteiger partial charge in [-0.25, -0.2) is 0 Å². The van der Waals surface area contributed by atoms with Gasteiger partial charge in [0.2, 0.25) is 0 Å². The maximum absolute atomic E-state index is 2.53. The van der Waals surface area contributed by atoms with Gasteiger partial charge < -0.3 is 0 Å². The van der Waals surface area contributed by atoms with E-state index >= 15 is 0 Å². The molecule has 1 heteroatoms. The molecule has 0 aromatic heterocycles. The molecule has 8 aromatic rings. The Morgan fingerprint density at radius 3 is 1.89 bits per heavy atom. The van der Waals surface area contributed by atoms with Crippen LogP contribution in [-0.4, -0.2) is 0 Å². The highest BCUT2D eigenvalue weighted by atomic mass is 32.2. The second-order valence-electron chi connectivity index (χ2n) is 12.8. The molecule has 1 heterocycles. The van der Waals surface area contributed by atoms with Crippen molar-refractivity contribution >= 4 is 33.3 Å². The Labute approximate surface area is 272 Å². The van der Waals surface area contributed by atoms with Gasteiger partial charge in [0.15, 0.2) is 0 Å². The first-order valence-electron chi connectivity index (χ1n) is 16.0. The van der Waals surface area contributed by atoms with E-state index in [1.807, 2.05) is 11.8 Å². The minimum absolute atomic E-state index is 0.377. The number of fused-ring (bicyclic) bond motifs is 14. The highest BCUT2D eigenvalue weighted by molar-refractivity contribution is 8.00. The molecule has 0 saturated carbocycles. The van der Waals surface area contributed by atoms with Crippen molar-refractivity contribution in [1.29, 1.82) is 0 Å². The van der Waals surface area contributed by atoms with Gasteiger partial charge in [0.05, 0.1) is 5.41 Å². The summed E-state index contributed by atoms with van der Waals surface area (Å²) >= 11 is 1.92. The molecule has 0 N–H and O–H groups in total. The summed E-state index contributed by atoms with van der Waals surface area (Å²) in [6.45, 7) is 0. The molecular formula is C45H26S. The van der Waals surface area contributed by atoms with Crippen LogP contribution in [0, 0.1) is 0 Å². The molecule has 1 aliphatic heterocycles. The van der Waals surface area contributed by atoms with Crippen LogP contribution >= 0.6 is 11.8 Å². The van der Waals surface area contributed by atoms with Crippen molar-refractivity contribution in [1.82, 2.24) is 0 Å². The topological polar surface area (TPSA) is 0 Å². The third-order valence-electron chi connectivity index (χ3n) is 10.7. The lowest BCUT2D eigenvalue weighted by Gasteiger charge is -2.31. The molecular weight excluding hydrogens is 573 g/mol. The largest absolute Gasteiger partial charge is 0.0881 e. The smallest absolute Gasteiger partial charge is 0.0725 e. The molecule has 1 spiro atoms. The highest BCUT2D eigenvalue weighted by Crippen LogP contribution is 2.64. The summed E-state index contributed by atoms with van der Waals surface area (Å²) in [6, 6.07) is 59.4. The third-order valence-corrected chi connectivity index (χ3v) is 11.9. The van der Waals surface area contributed by atoms with Gasteiger partial charge in [-0.1, -0.05) is 157 Å². The molecule has 0 radical (unpaired) electrons. The molecule has 3 aliphatic rings. The van der Waals surface area contributed by atoms with Crippen molar-refractivity contribution in [2.75, 3.05) is 0 Å². The van der Waals surface area contributed by atoms with Crippen molar-refractivity contribution in [3.63, 3.8) is 0 Å². The Bertz CT molecular complexity index is 2570. The molecule has 0 bridgehead atoms. The van der Waals surface area contributed by atoms with Crippen LogP contribution in [0.2, 0.25) is 0 Å². The summed E-state index contributed by atoms with van der Waals surface area (Å²) in [7, 11) is 0. The van der Waals surface area contributed by atoms with E-state index in [0.29, 0.717) is 0 Å². The maximum Gasteiger partial charge on any atom is 0.0725 e. The lowest BCUT2D eigenvalue weighted by Crippen LogP contribution is -2.25. The van der Waals surface area contributed by atoms with Crippen LogP contribution in [0.15, 0.2) is 168 Å². The molecule has 0 atom stereocenters. The molecule has 11 rings (SSSR count). The van der Waals surface area contributed by atoms with E-state index < -0.39 is 0 Å². The Balaban J connectivity index is 1.23. The minimum atomic E-state index is -0.377.